The average molecular weight is 383 g/mol. The van der Waals surface area contributed by atoms with Crippen LogP contribution in [-0.2, 0) is 4.79 Å². The molecule has 1 aromatic carbocycles. The van der Waals surface area contributed by atoms with Crippen LogP contribution in [-0.4, -0.2) is 53.8 Å². The molecule has 3 heterocycles. The van der Waals surface area contributed by atoms with Crippen LogP contribution >= 0.6 is 8.58 Å². The van der Waals surface area contributed by atoms with Gasteiger partial charge in [-0.3, -0.25) is 4.79 Å². The summed E-state index contributed by atoms with van der Waals surface area (Å²) in [6, 6.07) is 7.94. The molecule has 5 nitrogen and oxygen atoms in total. The number of hydrogen-bond acceptors (Lipinski definition) is 4. The molecular weight excluding hydrogens is 357 g/mol. The van der Waals surface area contributed by atoms with Crippen molar-refractivity contribution in [3.05, 3.63) is 60.0 Å². The molecular formula is C21H26N3O2P. The number of nitrogens with zero attached hydrogens (tertiary/aromatic N) is 2. The summed E-state index contributed by atoms with van der Waals surface area (Å²) in [6.07, 6.45) is 8.17. The lowest BCUT2D eigenvalue weighted by Crippen LogP contribution is -2.56. The van der Waals surface area contributed by atoms with E-state index in [1.54, 1.807) is 13.2 Å². The minimum Gasteiger partial charge on any atom is -0.497 e. The van der Waals surface area contributed by atoms with Crippen molar-refractivity contribution in [3.63, 3.8) is 0 Å². The number of methoxy groups -OCH3 is 1. The van der Waals surface area contributed by atoms with Crippen molar-refractivity contribution in [2.75, 3.05) is 26.7 Å². The molecule has 0 aromatic heterocycles. The Hall–Kier alpha value is -2.10. The standard InChI is InChI=1S/C21H26N3O2P/c1-21(2)14-23(11-10-22-21)16-6-9-20-24(13-16)19(25)12-18(27-20)15-4-7-17(26-3)8-5-15/h4-9,12-13,20,22,27H,10-11,14H2,1-3H3. The van der Waals surface area contributed by atoms with E-state index in [2.05, 4.69) is 36.2 Å². The van der Waals surface area contributed by atoms with Crippen LogP contribution in [0.25, 0.3) is 5.31 Å². The lowest BCUT2D eigenvalue weighted by atomic mass is 10.0. The maximum absolute atomic E-state index is 12.8. The normalized spacial score (nSPS) is 25.1. The lowest BCUT2D eigenvalue weighted by Gasteiger charge is -2.43. The maximum Gasteiger partial charge on any atom is 0.252 e. The minimum atomic E-state index is 0.0563. The molecule has 6 heteroatoms. The van der Waals surface area contributed by atoms with Crippen molar-refractivity contribution in [3.8, 4) is 5.75 Å². The summed E-state index contributed by atoms with van der Waals surface area (Å²) in [5, 5.41) is 4.64. The summed E-state index contributed by atoms with van der Waals surface area (Å²) in [5.41, 5.74) is 2.30. The Morgan fingerprint density at radius 2 is 2.04 bits per heavy atom. The van der Waals surface area contributed by atoms with Crippen molar-refractivity contribution in [2.45, 2.75) is 25.2 Å². The van der Waals surface area contributed by atoms with Gasteiger partial charge in [-0.1, -0.05) is 26.8 Å². The number of rotatable bonds is 3. The number of piperazine rings is 1. The molecule has 2 unspecified atom stereocenters. The van der Waals surface area contributed by atoms with Crippen molar-refractivity contribution in [1.29, 1.82) is 0 Å². The molecule has 4 rings (SSSR count). The number of nitrogens with one attached hydrogen (secondary N) is 1. The molecule has 3 aliphatic rings. The summed E-state index contributed by atoms with van der Waals surface area (Å²) in [5.74, 6) is 0.996. The Bertz CT molecular complexity index is 826. The minimum absolute atomic E-state index is 0.0563. The van der Waals surface area contributed by atoms with Gasteiger partial charge in [0, 0.05) is 37.4 Å². The number of ether oxygens (including phenoxy) is 1. The van der Waals surface area contributed by atoms with Crippen LogP contribution < -0.4 is 10.1 Å². The zero-order chi connectivity index (χ0) is 19.0. The Morgan fingerprint density at radius 3 is 2.74 bits per heavy atom. The predicted octanol–water partition coefficient (Wildman–Crippen LogP) is 2.98. The summed E-state index contributed by atoms with van der Waals surface area (Å²) >= 11 is 0. The van der Waals surface area contributed by atoms with Crippen molar-refractivity contribution in [1.82, 2.24) is 15.1 Å². The molecule has 1 N–H and O–H groups in total. The molecule has 3 aliphatic heterocycles. The lowest BCUT2D eigenvalue weighted by molar-refractivity contribution is -0.123. The molecule has 2 atom stereocenters. The van der Waals surface area contributed by atoms with Gasteiger partial charge in [0.05, 0.1) is 18.6 Å². The molecule has 0 aliphatic carbocycles. The summed E-state index contributed by atoms with van der Waals surface area (Å²) < 4.78 is 5.23. The van der Waals surface area contributed by atoms with Crippen LogP contribution in [0.2, 0.25) is 0 Å². The van der Waals surface area contributed by atoms with Crippen LogP contribution in [0.15, 0.2) is 54.4 Å². The highest BCUT2D eigenvalue weighted by molar-refractivity contribution is 7.51. The van der Waals surface area contributed by atoms with E-state index in [9.17, 15) is 4.79 Å². The van der Waals surface area contributed by atoms with Crippen LogP contribution in [0.1, 0.15) is 19.4 Å². The predicted molar refractivity (Wildman–Crippen MR) is 111 cm³/mol. The Kier molecular flexibility index (Phi) is 4.83. The fraction of sp³-hybridized carbons (Fsp3) is 0.381. The van der Waals surface area contributed by atoms with E-state index >= 15 is 0 Å². The van der Waals surface area contributed by atoms with Crippen LogP contribution in [0.4, 0.5) is 0 Å². The zero-order valence-electron chi connectivity index (χ0n) is 16.0. The number of benzene rings is 1. The molecule has 27 heavy (non-hydrogen) atoms. The van der Waals surface area contributed by atoms with Gasteiger partial charge in [0.15, 0.2) is 0 Å². The monoisotopic (exact) mass is 383 g/mol. The Balaban J connectivity index is 1.54. The fourth-order valence-electron chi connectivity index (χ4n) is 3.75. The van der Waals surface area contributed by atoms with Gasteiger partial charge in [0.1, 0.15) is 5.75 Å². The van der Waals surface area contributed by atoms with Gasteiger partial charge in [-0.05, 0) is 42.9 Å². The SMILES string of the molecule is COc1ccc(C2=CC(=O)N3C=C(N4CCNC(C)(C)C4)C=CC3P2)cc1. The van der Waals surface area contributed by atoms with Crippen LogP contribution in [0, 0.1) is 0 Å². The number of allylic oxidation sites excluding steroid dienone is 1. The topological polar surface area (TPSA) is 44.8 Å². The Labute approximate surface area is 162 Å². The van der Waals surface area contributed by atoms with Crippen LogP contribution in [0.5, 0.6) is 5.75 Å². The molecule has 0 spiro atoms. The summed E-state index contributed by atoms with van der Waals surface area (Å²) in [6.45, 7) is 7.28. The first-order valence-corrected chi connectivity index (χ1v) is 10.4. The molecule has 1 amide bonds. The Morgan fingerprint density at radius 1 is 1.26 bits per heavy atom. The van der Waals surface area contributed by atoms with E-state index in [1.165, 1.54) is 0 Å². The summed E-state index contributed by atoms with van der Waals surface area (Å²) in [4.78, 5) is 17.1. The quantitative estimate of drug-likeness (QED) is 0.816. The van der Waals surface area contributed by atoms with Gasteiger partial charge in [-0.2, -0.15) is 0 Å². The van der Waals surface area contributed by atoms with Crippen molar-refractivity contribution < 1.29 is 9.53 Å². The average Bonchev–Trinajstić information content (AvgIpc) is 2.67. The molecule has 142 valence electrons. The number of fused-ring (bicyclic) bond motifs is 1. The van der Waals surface area contributed by atoms with Crippen LogP contribution in [0.3, 0.4) is 0 Å². The van der Waals surface area contributed by atoms with E-state index in [4.69, 9.17) is 4.74 Å². The van der Waals surface area contributed by atoms with Gasteiger partial charge < -0.3 is 19.9 Å². The largest absolute Gasteiger partial charge is 0.497 e. The number of carbonyl (C=O) groups is 1. The van der Waals surface area contributed by atoms with Gasteiger partial charge in [-0.25, -0.2) is 0 Å². The molecule has 0 saturated carbocycles. The highest BCUT2D eigenvalue weighted by atomic mass is 31.1. The van der Waals surface area contributed by atoms with Gasteiger partial charge in [0.2, 0.25) is 0 Å². The second kappa shape index (κ2) is 7.14. The third-order valence-electron chi connectivity index (χ3n) is 5.18. The first-order valence-electron chi connectivity index (χ1n) is 9.30. The third kappa shape index (κ3) is 3.80. The molecule has 0 radical (unpaired) electrons. The molecule has 1 fully saturated rings. The van der Waals surface area contributed by atoms with E-state index in [0.29, 0.717) is 8.58 Å². The van der Waals surface area contributed by atoms with E-state index in [1.807, 2.05) is 35.4 Å². The highest BCUT2D eigenvalue weighted by Crippen LogP contribution is 2.44. The van der Waals surface area contributed by atoms with Gasteiger partial charge in [-0.15, -0.1) is 0 Å². The van der Waals surface area contributed by atoms with E-state index in [-0.39, 0.29) is 17.2 Å². The van der Waals surface area contributed by atoms with Crippen molar-refractivity contribution >= 4 is 19.8 Å². The number of carbonyl (C=O) groups excluding carboxylic acids is 1. The number of amides is 1. The maximum atomic E-state index is 12.8. The molecule has 0 bridgehead atoms. The van der Waals surface area contributed by atoms with E-state index in [0.717, 1.165) is 42.0 Å². The second-order valence-electron chi connectivity index (χ2n) is 7.77. The zero-order valence-corrected chi connectivity index (χ0v) is 17.0. The highest BCUT2D eigenvalue weighted by Gasteiger charge is 2.32. The third-order valence-corrected chi connectivity index (χ3v) is 6.69. The summed E-state index contributed by atoms with van der Waals surface area (Å²) in [7, 11) is 2.19. The fourth-order valence-corrected chi connectivity index (χ4v) is 5.14. The molecule has 1 saturated heterocycles. The first kappa shape index (κ1) is 18.3. The number of hydrogen-bond donors (Lipinski definition) is 1. The van der Waals surface area contributed by atoms with Gasteiger partial charge >= 0.3 is 0 Å². The van der Waals surface area contributed by atoms with Gasteiger partial charge in [0.25, 0.3) is 5.91 Å². The van der Waals surface area contributed by atoms with E-state index < -0.39 is 0 Å². The van der Waals surface area contributed by atoms with Crippen molar-refractivity contribution in [2.24, 2.45) is 0 Å². The smallest absolute Gasteiger partial charge is 0.252 e. The first-order chi connectivity index (χ1) is 12.9. The molecule has 1 aromatic rings. The second-order valence-corrected chi connectivity index (χ2v) is 9.19.